The van der Waals surface area contributed by atoms with Crippen molar-refractivity contribution >= 4 is 28.6 Å². The predicted molar refractivity (Wildman–Crippen MR) is 92.8 cm³/mol. The molecule has 4 rings (SSSR count). The van der Waals surface area contributed by atoms with Gasteiger partial charge < -0.3 is 9.88 Å². The lowest BCUT2D eigenvalue weighted by Gasteiger charge is -2.45. The van der Waals surface area contributed by atoms with Crippen LogP contribution in [0.15, 0.2) is 12.5 Å². The fourth-order valence-electron chi connectivity index (χ4n) is 3.76. The van der Waals surface area contributed by atoms with Gasteiger partial charge in [-0.25, -0.2) is 9.97 Å². The van der Waals surface area contributed by atoms with Gasteiger partial charge in [0.1, 0.15) is 17.8 Å². The highest BCUT2D eigenvalue weighted by Gasteiger charge is 2.36. The Morgan fingerprint density at radius 3 is 2.68 bits per heavy atom. The summed E-state index contributed by atoms with van der Waals surface area (Å²) in [5.74, 6) is 3.53. The molecule has 0 unspecified atom stereocenters. The van der Waals surface area contributed by atoms with E-state index in [2.05, 4.69) is 49.6 Å². The van der Waals surface area contributed by atoms with E-state index in [0.29, 0.717) is 6.04 Å². The molecule has 0 bridgehead atoms. The summed E-state index contributed by atoms with van der Waals surface area (Å²) >= 11 is 2.09. The average molecular weight is 317 g/mol. The zero-order valence-electron chi connectivity index (χ0n) is 13.2. The molecule has 5 nitrogen and oxygen atoms in total. The third-order valence-electron chi connectivity index (χ3n) is 5.08. The molecule has 3 heterocycles. The third-order valence-corrected chi connectivity index (χ3v) is 6.02. The molecule has 2 aliphatic rings. The molecule has 1 N–H and O–H groups in total. The summed E-state index contributed by atoms with van der Waals surface area (Å²) in [4.78, 5) is 11.6. The Morgan fingerprint density at radius 2 is 1.95 bits per heavy atom. The highest BCUT2D eigenvalue weighted by molar-refractivity contribution is 7.99. The lowest BCUT2D eigenvalue weighted by atomic mass is 9.85. The lowest BCUT2D eigenvalue weighted by Crippen LogP contribution is -2.48. The molecule has 0 radical (unpaired) electrons. The second-order valence-corrected chi connectivity index (χ2v) is 7.54. The Kier molecular flexibility index (Phi) is 3.74. The number of anilines is 1. The van der Waals surface area contributed by atoms with Gasteiger partial charge >= 0.3 is 0 Å². The van der Waals surface area contributed by atoms with E-state index in [1.807, 2.05) is 7.05 Å². The van der Waals surface area contributed by atoms with E-state index in [0.717, 1.165) is 17.5 Å². The van der Waals surface area contributed by atoms with Gasteiger partial charge in [0, 0.05) is 49.9 Å². The zero-order chi connectivity index (χ0) is 15.1. The Hall–Kier alpha value is -1.27. The number of aromatic nitrogens is 3. The fraction of sp³-hybridized carbons (Fsp3) is 0.625. The molecule has 22 heavy (non-hydrogen) atoms. The van der Waals surface area contributed by atoms with Crippen LogP contribution in [-0.2, 0) is 0 Å². The number of fused-ring (bicyclic) bond motifs is 1. The van der Waals surface area contributed by atoms with E-state index in [9.17, 15) is 0 Å². The Bertz CT molecular complexity index is 670. The second-order valence-electron chi connectivity index (χ2n) is 6.32. The maximum absolute atomic E-state index is 4.55. The molecular weight excluding hydrogens is 294 g/mol. The van der Waals surface area contributed by atoms with Gasteiger partial charge in [0.25, 0.3) is 0 Å². The van der Waals surface area contributed by atoms with E-state index in [-0.39, 0.29) is 0 Å². The van der Waals surface area contributed by atoms with Gasteiger partial charge in [-0.1, -0.05) is 0 Å². The van der Waals surface area contributed by atoms with Crippen LogP contribution in [0.3, 0.4) is 0 Å². The minimum absolute atomic E-state index is 0.593. The summed E-state index contributed by atoms with van der Waals surface area (Å²) in [5.41, 5.74) is 2.34. The normalized spacial score (nSPS) is 26.1. The number of thioether (sulfide) groups is 1. The summed E-state index contributed by atoms with van der Waals surface area (Å²) < 4.78 is 2.38. The molecule has 1 saturated heterocycles. The first-order valence-corrected chi connectivity index (χ1v) is 9.25. The molecule has 1 saturated carbocycles. The monoisotopic (exact) mass is 317 g/mol. The van der Waals surface area contributed by atoms with Gasteiger partial charge in [0.15, 0.2) is 0 Å². The molecule has 0 atom stereocenters. The van der Waals surface area contributed by atoms with Gasteiger partial charge in [0.05, 0.1) is 5.39 Å². The maximum atomic E-state index is 4.55. The van der Waals surface area contributed by atoms with Crippen LogP contribution in [-0.4, -0.2) is 57.1 Å². The number of nitrogens with zero attached hydrogens (tertiary/aromatic N) is 4. The first kappa shape index (κ1) is 14.3. The third kappa shape index (κ3) is 2.29. The van der Waals surface area contributed by atoms with Crippen LogP contribution in [0, 0.1) is 6.92 Å². The predicted octanol–water partition coefficient (Wildman–Crippen LogP) is 2.53. The standard InChI is InChI=1S/C16H23N5S/c1-11-9-21(16-14(11)15(17-2)18-10-19-16)13-7-12(8-13)20-3-5-22-6-4-20/h9-10,12-13H,3-8H2,1-2H3,(H,17,18,19). The number of hydrogen-bond acceptors (Lipinski definition) is 5. The van der Waals surface area contributed by atoms with Crippen LogP contribution in [0.25, 0.3) is 11.0 Å². The highest BCUT2D eigenvalue weighted by atomic mass is 32.2. The van der Waals surface area contributed by atoms with Crippen molar-refractivity contribution in [2.75, 3.05) is 37.0 Å². The van der Waals surface area contributed by atoms with E-state index in [1.54, 1.807) is 6.33 Å². The van der Waals surface area contributed by atoms with Crippen molar-refractivity contribution in [3.63, 3.8) is 0 Å². The van der Waals surface area contributed by atoms with Gasteiger partial charge in [-0.15, -0.1) is 0 Å². The lowest BCUT2D eigenvalue weighted by molar-refractivity contribution is 0.0938. The van der Waals surface area contributed by atoms with Crippen molar-refractivity contribution in [2.45, 2.75) is 31.8 Å². The van der Waals surface area contributed by atoms with Crippen LogP contribution in [0.4, 0.5) is 5.82 Å². The largest absolute Gasteiger partial charge is 0.372 e. The number of aryl methyl sites for hydroxylation is 1. The van der Waals surface area contributed by atoms with Crippen molar-refractivity contribution in [1.29, 1.82) is 0 Å². The first-order valence-electron chi connectivity index (χ1n) is 8.09. The summed E-state index contributed by atoms with van der Waals surface area (Å²) in [6, 6.07) is 1.37. The zero-order valence-corrected chi connectivity index (χ0v) is 14.1. The molecule has 0 aromatic carbocycles. The molecule has 6 heteroatoms. The molecule has 0 amide bonds. The fourth-order valence-corrected chi connectivity index (χ4v) is 4.70. The molecule has 0 spiro atoms. The van der Waals surface area contributed by atoms with Crippen LogP contribution >= 0.6 is 11.8 Å². The highest BCUT2D eigenvalue weighted by Crippen LogP contribution is 2.39. The Morgan fingerprint density at radius 1 is 1.18 bits per heavy atom. The molecule has 2 aromatic heterocycles. The number of hydrogen-bond donors (Lipinski definition) is 1. The maximum Gasteiger partial charge on any atom is 0.145 e. The van der Waals surface area contributed by atoms with Crippen molar-refractivity contribution in [3.8, 4) is 0 Å². The number of nitrogens with one attached hydrogen (secondary N) is 1. The van der Waals surface area contributed by atoms with Crippen LogP contribution in [0.2, 0.25) is 0 Å². The summed E-state index contributed by atoms with van der Waals surface area (Å²) in [6.07, 6.45) is 6.44. The van der Waals surface area contributed by atoms with Crippen LogP contribution < -0.4 is 5.32 Å². The molecule has 2 fully saturated rings. The quantitative estimate of drug-likeness (QED) is 0.942. The Balaban J connectivity index is 1.56. The summed E-state index contributed by atoms with van der Waals surface area (Å²) in [5, 5.41) is 4.35. The van der Waals surface area contributed by atoms with E-state index in [4.69, 9.17) is 0 Å². The van der Waals surface area contributed by atoms with Crippen molar-refractivity contribution in [3.05, 3.63) is 18.1 Å². The van der Waals surface area contributed by atoms with Crippen molar-refractivity contribution in [1.82, 2.24) is 19.4 Å². The average Bonchev–Trinajstić information content (AvgIpc) is 2.84. The van der Waals surface area contributed by atoms with E-state index >= 15 is 0 Å². The summed E-state index contributed by atoms with van der Waals surface area (Å²) in [6.45, 7) is 4.68. The van der Waals surface area contributed by atoms with Gasteiger partial charge in [-0.2, -0.15) is 11.8 Å². The molecule has 1 aliphatic heterocycles. The topological polar surface area (TPSA) is 46.0 Å². The van der Waals surface area contributed by atoms with Gasteiger partial charge in [-0.3, -0.25) is 4.90 Å². The minimum Gasteiger partial charge on any atom is -0.372 e. The molecule has 118 valence electrons. The SMILES string of the molecule is CNc1ncnc2c1c(C)cn2C1CC(N2CCSCC2)C1. The van der Waals surface area contributed by atoms with Crippen molar-refractivity contribution < 1.29 is 0 Å². The molecular formula is C16H23N5S. The van der Waals surface area contributed by atoms with Crippen LogP contribution in [0.1, 0.15) is 24.4 Å². The molecule has 2 aromatic rings. The second kappa shape index (κ2) is 5.74. The number of rotatable bonds is 3. The Labute approximate surface area is 135 Å². The van der Waals surface area contributed by atoms with Gasteiger partial charge in [0.2, 0.25) is 0 Å². The van der Waals surface area contributed by atoms with Crippen molar-refractivity contribution in [2.24, 2.45) is 0 Å². The minimum atomic E-state index is 0.593. The van der Waals surface area contributed by atoms with E-state index in [1.165, 1.54) is 48.4 Å². The van der Waals surface area contributed by atoms with Crippen LogP contribution in [0.5, 0.6) is 0 Å². The van der Waals surface area contributed by atoms with E-state index < -0.39 is 0 Å². The first-order chi connectivity index (χ1) is 10.8. The summed E-state index contributed by atoms with van der Waals surface area (Å²) in [7, 11) is 1.92. The smallest absolute Gasteiger partial charge is 0.145 e. The molecule has 1 aliphatic carbocycles. The van der Waals surface area contributed by atoms with Gasteiger partial charge in [-0.05, 0) is 25.3 Å².